The second-order valence-electron chi connectivity index (χ2n) is 4.67. The third kappa shape index (κ3) is 4.77. The molecule has 21 heavy (non-hydrogen) atoms. The molecule has 1 atom stereocenters. The van der Waals surface area contributed by atoms with Crippen LogP contribution >= 0.6 is 0 Å². The molecule has 6 heteroatoms. The first-order valence-electron chi connectivity index (χ1n) is 6.85. The maximum atomic E-state index is 5.37. The topological polar surface area (TPSA) is 52.2 Å². The van der Waals surface area contributed by atoms with Gasteiger partial charge in [-0.25, -0.2) is 0 Å². The predicted molar refractivity (Wildman–Crippen MR) is 82.2 cm³/mol. The van der Waals surface area contributed by atoms with E-state index in [1.807, 2.05) is 19.2 Å². The molecule has 0 aliphatic rings. The lowest BCUT2D eigenvalue weighted by atomic mass is 10.1. The lowest BCUT2D eigenvalue weighted by molar-refractivity contribution is -0.107. The number of rotatable bonds is 9. The molecule has 1 unspecified atom stereocenters. The highest BCUT2D eigenvalue weighted by Crippen LogP contribution is 2.39. The van der Waals surface area contributed by atoms with Gasteiger partial charge in [0.15, 0.2) is 11.5 Å². The van der Waals surface area contributed by atoms with Crippen molar-refractivity contribution in [3.8, 4) is 17.2 Å². The van der Waals surface area contributed by atoms with Crippen molar-refractivity contribution in [2.45, 2.75) is 13.0 Å². The van der Waals surface area contributed by atoms with E-state index >= 15 is 0 Å². The number of hydroxylamine groups is 2. The molecule has 0 radical (unpaired) electrons. The first kappa shape index (κ1) is 17.6. The fourth-order valence-corrected chi connectivity index (χ4v) is 2.00. The van der Waals surface area contributed by atoms with Crippen molar-refractivity contribution < 1.29 is 19.0 Å². The van der Waals surface area contributed by atoms with Gasteiger partial charge in [0.2, 0.25) is 5.75 Å². The maximum Gasteiger partial charge on any atom is 0.203 e. The van der Waals surface area contributed by atoms with Crippen molar-refractivity contribution in [2.24, 2.45) is 0 Å². The summed E-state index contributed by atoms with van der Waals surface area (Å²) in [6.45, 7) is 3.70. The molecule has 0 saturated heterocycles. The molecule has 1 rings (SSSR count). The number of hydrogen-bond acceptors (Lipinski definition) is 6. The summed E-state index contributed by atoms with van der Waals surface area (Å²) in [5.41, 5.74) is 1.07. The highest BCUT2D eigenvalue weighted by Gasteiger charge is 2.16. The van der Waals surface area contributed by atoms with Crippen LogP contribution in [-0.4, -0.2) is 53.6 Å². The van der Waals surface area contributed by atoms with Crippen LogP contribution in [0.4, 0.5) is 0 Å². The normalized spacial score (nSPS) is 12.3. The van der Waals surface area contributed by atoms with Crippen LogP contribution in [0.3, 0.4) is 0 Å². The number of methoxy groups -OCH3 is 3. The molecule has 1 N–H and O–H groups in total. The quantitative estimate of drug-likeness (QED) is 0.702. The first-order valence-corrected chi connectivity index (χ1v) is 6.85. The number of nitrogens with zero attached hydrogens (tertiary/aromatic N) is 1. The van der Waals surface area contributed by atoms with E-state index in [0.717, 1.165) is 18.7 Å². The predicted octanol–water partition coefficient (Wildman–Crippen LogP) is 1.86. The maximum absolute atomic E-state index is 5.37. The molecule has 0 fully saturated rings. The Morgan fingerprint density at radius 2 is 1.62 bits per heavy atom. The molecular weight excluding hydrogens is 272 g/mol. The Kier molecular flexibility index (Phi) is 7.28. The van der Waals surface area contributed by atoms with Gasteiger partial charge in [-0.15, -0.1) is 0 Å². The van der Waals surface area contributed by atoms with Gasteiger partial charge in [-0.3, -0.25) is 0 Å². The average molecular weight is 298 g/mol. The van der Waals surface area contributed by atoms with Crippen LogP contribution in [-0.2, 0) is 4.84 Å². The number of hydrogen-bond donors (Lipinski definition) is 1. The molecule has 0 aromatic heterocycles. The summed E-state index contributed by atoms with van der Waals surface area (Å²) in [5, 5.41) is 5.20. The van der Waals surface area contributed by atoms with Crippen LogP contribution < -0.4 is 19.5 Å². The van der Waals surface area contributed by atoms with Crippen LogP contribution in [0, 0.1) is 0 Å². The van der Waals surface area contributed by atoms with E-state index in [-0.39, 0.29) is 6.04 Å². The van der Waals surface area contributed by atoms with E-state index in [4.69, 9.17) is 19.0 Å². The van der Waals surface area contributed by atoms with Gasteiger partial charge in [0.1, 0.15) is 0 Å². The van der Waals surface area contributed by atoms with Gasteiger partial charge in [0.25, 0.3) is 0 Å². The second kappa shape index (κ2) is 8.71. The molecule has 0 amide bonds. The zero-order valence-electron chi connectivity index (χ0n) is 13.7. The first-order chi connectivity index (χ1) is 10.1. The van der Waals surface area contributed by atoms with Crippen LogP contribution in [0.1, 0.15) is 18.5 Å². The number of nitrogens with one attached hydrogen (secondary N) is 1. The van der Waals surface area contributed by atoms with Crippen molar-refractivity contribution in [1.82, 2.24) is 10.4 Å². The Morgan fingerprint density at radius 1 is 1.05 bits per heavy atom. The summed E-state index contributed by atoms with van der Waals surface area (Å²) >= 11 is 0. The molecule has 0 saturated carbocycles. The van der Waals surface area contributed by atoms with E-state index in [1.54, 1.807) is 33.5 Å². The average Bonchev–Trinajstić information content (AvgIpc) is 2.52. The van der Waals surface area contributed by atoms with Gasteiger partial charge in [-0.1, -0.05) is 0 Å². The minimum absolute atomic E-state index is 0.156. The Morgan fingerprint density at radius 3 is 2.05 bits per heavy atom. The summed E-state index contributed by atoms with van der Waals surface area (Å²) in [7, 11) is 8.39. The highest BCUT2D eigenvalue weighted by molar-refractivity contribution is 5.54. The molecule has 0 aliphatic carbocycles. The van der Waals surface area contributed by atoms with Crippen molar-refractivity contribution in [1.29, 1.82) is 0 Å². The Bertz CT molecular complexity index is 415. The van der Waals surface area contributed by atoms with Gasteiger partial charge in [0.05, 0.1) is 28.4 Å². The van der Waals surface area contributed by atoms with Gasteiger partial charge in [-0.2, -0.15) is 5.06 Å². The van der Waals surface area contributed by atoms with Crippen LogP contribution in [0.2, 0.25) is 0 Å². The molecule has 120 valence electrons. The molecule has 0 bridgehead atoms. The third-order valence-electron chi connectivity index (χ3n) is 3.38. The lowest BCUT2D eigenvalue weighted by Crippen LogP contribution is -2.30. The van der Waals surface area contributed by atoms with Gasteiger partial charge in [-0.05, 0) is 24.6 Å². The van der Waals surface area contributed by atoms with E-state index in [0.29, 0.717) is 17.2 Å². The van der Waals surface area contributed by atoms with E-state index in [9.17, 15) is 0 Å². The zero-order valence-corrected chi connectivity index (χ0v) is 13.7. The Balaban J connectivity index is 2.82. The summed E-state index contributed by atoms with van der Waals surface area (Å²) < 4.78 is 16.1. The monoisotopic (exact) mass is 298 g/mol. The molecule has 0 heterocycles. The standard InChI is InChI=1S/C15H26N2O4/c1-11(16-7-8-17(2)21-6)12-9-13(18-3)15(20-5)14(10-12)19-4/h9-11,16H,7-8H2,1-6H3. The molecule has 6 nitrogen and oxygen atoms in total. The minimum Gasteiger partial charge on any atom is -0.493 e. The summed E-state index contributed by atoms with van der Waals surface area (Å²) in [6.07, 6.45) is 0. The van der Waals surface area contributed by atoms with Crippen LogP contribution in [0.5, 0.6) is 17.2 Å². The number of ether oxygens (including phenoxy) is 3. The van der Waals surface area contributed by atoms with Gasteiger partial charge in [0, 0.05) is 26.2 Å². The summed E-state index contributed by atoms with van der Waals surface area (Å²) in [6, 6.07) is 4.07. The second-order valence-corrected chi connectivity index (χ2v) is 4.67. The van der Waals surface area contributed by atoms with Gasteiger partial charge >= 0.3 is 0 Å². The number of benzene rings is 1. The van der Waals surface area contributed by atoms with Crippen molar-refractivity contribution in [2.75, 3.05) is 48.6 Å². The summed E-state index contributed by atoms with van der Waals surface area (Å²) in [5.74, 6) is 1.93. The lowest BCUT2D eigenvalue weighted by Gasteiger charge is -2.20. The molecule has 1 aromatic carbocycles. The van der Waals surface area contributed by atoms with Crippen molar-refractivity contribution in [3.05, 3.63) is 17.7 Å². The van der Waals surface area contributed by atoms with E-state index < -0.39 is 0 Å². The third-order valence-corrected chi connectivity index (χ3v) is 3.38. The fourth-order valence-electron chi connectivity index (χ4n) is 2.00. The minimum atomic E-state index is 0.156. The zero-order chi connectivity index (χ0) is 15.8. The highest BCUT2D eigenvalue weighted by atomic mass is 16.7. The van der Waals surface area contributed by atoms with Crippen molar-refractivity contribution in [3.63, 3.8) is 0 Å². The molecular formula is C15H26N2O4. The largest absolute Gasteiger partial charge is 0.493 e. The van der Waals surface area contributed by atoms with Crippen molar-refractivity contribution >= 4 is 0 Å². The van der Waals surface area contributed by atoms with Crippen LogP contribution in [0.25, 0.3) is 0 Å². The SMILES string of the molecule is COc1cc(C(C)NCCN(C)OC)cc(OC)c1OC. The van der Waals surface area contributed by atoms with Gasteiger partial charge < -0.3 is 24.4 Å². The molecule has 1 aromatic rings. The van der Waals surface area contributed by atoms with Crippen LogP contribution in [0.15, 0.2) is 12.1 Å². The Labute approximate surface area is 126 Å². The Hall–Kier alpha value is -1.50. The molecule has 0 spiro atoms. The van der Waals surface area contributed by atoms with E-state index in [1.165, 1.54) is 0 Å². The number of likely N-dealkylation sites (N-methyl/N-ethyl adjacent to an activating group) is 1. The smallest absolute Gasteiger partial charge is 0.203 e. The summed E-state index contributed by atoms with van der Waals surface area (Å²) in [4.78, 5) is 5.08. The molecule has 0 aliphatic heterocycles. The fraction of sp³-hybridized carbons (Fsp3) is 0.600. The van der Waals surface area contributed by atoms with E-state index in [2.05, 4.69) is 12.2 Å².